The minimum atomic E-state index is 0. The average Bonchev–Trinajstić information content (AvgIpc) is 2.97. The molecule has 248 valence electrons. The molecule has 0 bridgehead atoms. The first-order chi connectivity index (χ1) is 19.2. The summed E-state index contributed by atoms with van der Waals surface area (Å²) >= 11 is 0. The van der Waals surface area contributed by atoms with E-state index in [-0.39, 0.29) is 49.6 Å². The van der Waals surface area contributed by atoms with Crippen LogP contribution in [0.15, 0.2) is 48.5 Å². The quantitative estimate of drug-likeness (QED) is 0.177. The molecule has 10 heteroatoms. The monoisotopic (exact) mass is 680 g/mol. The third-order valence-corrected chi connectivity index (χ3v) is 8.07. The standard InChI is InChI=1S/C33H52N4O2.4ClH/c1-3-5-26-38-32-12-8-30(9-13-32)28-36-22-18-34(19-23-36)16-7-17-35-20-24-37(25-21-35)29-31-10-14-33(15-11-31)39-27-6-4-2;;;;/h8-15H,3-7,16-29H2,1-2H3;4*1H. The molecule has 0 unspecified atom stereocenters. The second kappa shape index (κ2) is 24.3. The van der Waals surface area contributed by atoms with Crippen molar-refractivity contribution in [2.45, 2.75) is 59.0 Å². The first-order valence-corrected chi connectivity index (χ1v) is 15.5. The van der Waals surface area contributed by atoms with Gasteiger partial charge in [0.1, 0.15) is 11.5 Å². The summed E-state index contributed by atoms with van der Waals surface area (Å²) in [5, 5.41) is 0. The lowest BCUT2D eigenvalue weighted by Gasteiger charge is -2.37. The summed E-state index contributed by atoms with van der Waals surface area (Å²) < 4.78 is 11.6. The van der Waals surface area contributed by atoms with Crippen LogP contribution in [0.3, 0.4) is 0 Å². The molecule has 0 aromatic heterocycles. The van der Waals surface area contributed by atoms with Gasteiger partial charge < -0.3 is 19.3 Å². The molecule has 2 aromatic carbocycles. The molecule has 2 heterocycles. The summed E-state index contributed by atoms with van der Waals surface area (Å²) in [4.78, 5) is 10.5. The zero-order valence-corrected chi connectivity index (χ0v) is 29.6. The molecule has 43 heavy (non-hydrogen) atoms. The second-order valence-corrected chi connectivity index (χ2v) is 11.3. The molecule has 0 atom stereocenters. The largest absolute Gasteiger partial charge is 0.494 e. The van der Waals surface area contributed by atoms with Gasteiger partial charge in [0.2, 0.25) is 0 Å². The normalized spacial score (nSPS) is 16.2. The van der Waals surface area contributed by atoms with Gasteiger partial charge in [0.05, 0.1) is 13.2 Å². The maximum absolute atomic E-state index is 5.80. The van der Waals surface area contributed by atoms with E-state index >= 15 is 0 Å². The van der Waals surface area contributed by atoms with Crippen molar-refractivity contribution in [1.29, 1.82) is 0 Å². The molecule has 2 fully saturated rings. The number of nitrogens with zero attached hydrogens (tertiary/aromatic N) is 4. The Bertz CT molecular complexity index is 848. The van der Waals surface area contributed by atoms with E-state index in [1.165, 1.54) is 95.8 Å². The molecule has 2 aliphatic heterocycles. The minimum Gasteiger partial charge on any atom is -0.494 e. The van der Waals surface area contributed by atoms with Crippen LogP contribution in [0.25, 0.3) is 0 Å². The lowest BCUT2D eigenvalue weighted by molar-refractivity contribution is 0.106. The van der Waals surface area contributed by atoms with Crippen LogP contribution in [0.1, 0.15) is 57.1 Å². The van der Waals surface area contributed by atoms with Gasteiger partial charge in [0.15, 0.2) is 0 Å². The smallest absolute Gasteiger partial charge is 0.119 e. The van der Waals surface area contributed by atoms with E-state index in [0.29, 0.717) is 0 Å². The van der Waals surface area contributed by atoms with Crippen molar-refractivity contribution in [2.75, 3.05) is 78.7 Å². The van der Waals surface area contributed by atoms with Crippen LogP contribution in [-0.2, 0) is 13.1 Å². The number of halogens is 4. The maximum atomic E-state index is 5.80. The molecule has 2 aliphatic rings. The molecule has 2 saturated heterocycles. The molecule has 0 aliphatic carbocycles. The Labute approximate surface area is 286 Å². The Kier molecular flexibility index (Phi) is 23.8. The van der Waals surface area contributed by atoms with Gasteiger partial charge in [-0.05, 0) is 67.7 Å². The van der Waals surface area contributed by atoms with Crippen LogP contribution in [-0.4, -0.2) is 98.3 Å². The lowest BCUT2D eigenvalue weighted by atomic mass is 10.2. The summed E-state index contributed by atoms with van der Waals surface area (Å²) in [5.41, 5.74) is 2.78. The minimum absolute atomic E-state index is 0. The average molecular weight is 683 g/mol. The summed E-state index contributed by atoms with van der Waals surface area (Å²) in [6.07, 6.45) is 5.86. The SMILES string of the molecule is CCCCOc1ccc(CN2CCN(CCCN3CCN(Cc4ccc(OCCCC)cc4)CC3)CC2)cc1.Cl.Cl.Cl.Cl. The highest BCUT2D eigenvalue weighted by molar-refractivity contribution is 5.86. The Morgan fingerprint density at radius 3 is 1.12 bits per heavy atom. The number of hydrogen-bond donors (Lipinski definition) is 0. The zero-order valence-electron chi connectivity index (χ0n) is 26.3. The highest BCUT2D eigenvalue weighted by Gasteiger charge is 2.19. The van der Waals surface area contributed by atoms with Gasteiger partial charge in [0.25, 0.3) is 0 Å². The Morgan fingerprint density at radius 1 is 0.465 bits per heavy atom. The van der Waals surface area contributed by atoms with Gasteiger partial charge in [0, 0.05) is 65.4 Å². The van der Waals surface area contributed by atoms with Gasteiger partial charge >= 0.3 is 0 Å². The Hall–Kier alpha value is -0.960. The molecule has 6 nitrogen and oxygen atoms in total. The number of benzene rings is 2. The van der Waals surface area contributed by atoms with E-state index in [0.717, 1.165) is 50.6 Å². The van der Waals surface area contributed by atoms with Crippen LogP contribution in [0, 0.1) is 0 Å². The predicted molar refractivity (Wildman–Crippen MR) is 191 cm³/mol. The van der Waals surface area contributed by atoms with Gasteiger partial charge in [-0.2, -0.15) is 0 Å². The molecule has 0 amide bonds. The third kappa shape index (κ3) is 15.7. The van der Waals surface area contributed by atoms with Crippen molar-refractivity contribution >= 4 is 49.6 Å². The first-order valence-electron chi connectivity index (χ1n) is 15.5. The molecule has 0 radical (unpaired) electrons. The number of ether oxygens (including phenoxy) is 2. The molecular formula is C33H56Cl4N4O2. The number of piperazine rings is 2. The van der Waals surface area contributed by atoms with Gasteiger partial charge in [-0.15, -0.1) is 49.6 Å². The second-order valence-electron chi connectivity index (χ2n) is 11.3. The van der Waals surface area contributed by atoms with Crippen LogP contribution in [0.4, 0.5) is 0 Å². The van der Waals surface area contributed by atoms with Crippen molar-refractivity contribution < 1.29 is 9.47 Å². The Balaban J connectivity index is 0.00000441. The fourth-order valence-electron chi connectivity index (χ4n) is 5.43. The molecule has 0 saturated carbocycles. The lowest BCUT2D eigenvalue weighted by Crippen LogP contribution is -2.48. The van der Waals surface area contributed by atoms with E-state index in [1.807, 2.05) is 0 Å². The van der Waals surface area contributed by atoms with Gasteiger partial charge in [-0.3, -0.25) is 9.80 Å². The molecule has 4 rings (SSSR count). The van der Waals surface area contributed by atoms with E-state index in [4.69, 9.17) is 9.47 Å². The number of unbranched alkanes of at least 4 members (excludes halogenated alkanes) is 2. The first kappa shape index (κ1) is 42.0. The molecular weight excluding hydrogens is 626 g/mol. The van der Waals surface area contributed by atoms with Crippen LogP contribution >= 0.6 is 49.6 Å². The van der Waals surface area contributed by atoms with E-state index < -0.39 is 0 Å². The van der Waals surface area contributed by atoms with E-state index in [1.54, 1.807) is 0 Å². The predicted octanol–water partition coefficient (Wildman–Crippen LogP) is 7.06. The van der Waals surface area contributed by atoms with E-state index in [9.17, 15) is 0 Å². The summed E-state index contributed by atoms with van der Waals surface area (Å²) in [6.45, 7) is 20.0. The van der Waals surface area contributed by atoms with Gasteiger partial charge in [-0.25, -0.2) is 0 Å². The fourth-order valence-corrected chi connectivity index (χ4v) is 5.43. The molecule has 0 spiro atoms. The summed E-state index contributed by atoms with van der Waals surface area (Å²) in [6, 6.07) is 17.4. The highest BCUT2D eigenvalue weighted by atomic mass is 35.5. The zero-order chi connectivity index (χ0) is 27.1. The Morgan fingerprint density at radius 2 is 0.791 bits per heavy atom. The van der Waals surface area contributed by atoms with E-state index in [2.05, 4.69) is 82.0 Å². The van der Waals surface area contributed by atoms with Crippen molar-refractivity contribution in [3.8, 4) is 11.5 Å². The summed E-state index contributed by atoms with van der Waals surface area (Å²) in [7, 11) is 0. The molecule has 0 N–H and O–H groups in total. The highest BCUT2D eigenvalue weighted by Crippen LogP contribution is 2.17. The van der Waals surface area contributed by atoms with Crippen molar-refractivity contribution in [1.82, 2.24) is 19.6 Å². The van der Waals surface area contributed by atoms with Gasteiger partial charge in [-0.1, -0.05) is 51.0 Å². The topological polar surface area (TPSA) is 31.4 Å². The third-order valence-electron chi connectivity index (χ3n) is 8.07. The van der Waals surface area contributed by atoms with Crippen LogP contribution in [0.2, 0.25) is 0 Å². The van der Waals surface area contributed by atoms with Crippen LogP contribution < -0.4 is 9.47 Å². The number of hydrogen-bond acceptors (Lipinski definition) is 6. The number of rotatable bonds is 16. The maximum Gasteiger partial charge on any atom is 0.119 e. The fraction of sp³-hybridized carbons (Fsp3) is 0.636. The molecule has 2 aromatic rings. The summed E-state index contributed by atoms with van der Waals surface area (Å²) in [5.74, 6) is 1.99. The van der Waals surface area contributed by atoms with Crippen molar-refractivity contribution in [3.63, 3.8) is 0 Å². The van der Waals surface area contributed by atoms with Crippen molar-refractivity contribution in [2.24, 2.45) is 0 Å². The van der Waals surface area contributed by atoms with Crippen LogP contribution in [0.5, 0.6) is 11.5 Å². The van der Waals surface area contributed by atoms with Crippen molar-refractivity contribution in [3.05, 3.63) is 59.7 Å².